The minimum absolute atomic E-state index is 0.459. The Kier molecular flexibility index (Phi) is 3.15. The summed E-state index contributed by atoms with van der Waals surface area (Å²) in [6.45, 7) is 2.12. The quantitative estimate of drug-likeness (QED) is 0.889. The Morgan fingerprint density at radius 1 is 1.41 bits per heavy atom. The third-order valence-corrected chi connectivity index (χ3v) is 4.00. The standard InChI is InChI=1S/C11H15N5S/c1-2-10(17-7-1)8-11-13-14-15-16(11)9-3-5-12-6-4-9/h1-2,7,9,12H,3-6,8H2. The second kappa shape index (κ2) is 4.93. The van der Waals surface area contributed by atoms with Gasteiger partial charge in [0.2, 0.25) is 0 Å². The first-order chi connectivity index (χ1) is 8.43. The molecule has 0 saturated carbocycles. The molecule has 1 saturated heterocycles. The molecule has 0 spiro atoms. The van der Waals surface area contributed by atoms with E-state index < -0.39 is 0 Å². The molecular weight excluding hydrogens is 234 g/mol. The van der Waals surface area contributed by atoms with Crippen molar-refractivity contribution in [2.24, 2.45) is 0 Å². The Morgan fingerprint density at radius 3 is 3.06 bits per heavy atom. The molecule has 90 valence electrons. The minimum atomic E-state index is 0.459. The van der Waals surface area contributed by atoms with Crippen LogP contribution in [0.2, 0.25) is 0 Å². The summed E-state index contributed by atoms with van der Waals surface area (Å²) in [6, 6.07) is 4.66. The number of hydrogen-bond acceptors (Lipinski definition) is 5. The molecule has 1 N–H and O–H groups in total. The van der Waals surface area contributed by atoms with E-state index in [9.17, 15) is 0 Å². The maximum Gasteiger partial charge on any atom is 0.156 e. The lowest BCUT2D eigenvalue weighted by atomic mass is 10.1. The predicted molar refractivity (Wildman–Crippen MR) is 66.1 cm³/mol. The topological polar surface area (TPSA) is 55.6 Å². The zero-order valence-corrected chi connectivity index (χ0v) is 10.4. The van der Waals surface area contributed by atoms with Crippen LogP contribution in [-0.2, 0) is 6.42 Å². The number of thiophene rings is 1. The zero-order valence-electron chi connectivity index (χ0n) is 9.54. The molecule has 1 aliphatic rings. The summed E-state index contributed by atoms with van der Waals surface area (Å²) in [5.74, 6) is 0.986. The van der Waals surface area contributed by atoms with Crippen LogP contribution in [0, 0.1) is 0 Å². The van der Waals surface area contributed by atoms with E-state index in [1.165, 1.54) is 4.88 Å². The zero-order chi connectivity index (χ0) is 11.5. The SMILES string of the molecule is c1csc(Cc2nnnn2C2CCNCC2)c1. The molecule has 17 heavy (non-hydrogen) atoms. The van der Waals surface area contributed by atoms with E-state index in [1.54, 1.807) is 11.3 Å². The first-order valence-corrected chi connectivity index (χ1v) is 6.81. The molecule has 5 nitrogen and oxygen atoms in total. The Balaban J connectivity index is 1.78. The van der Waals surface area contributed by atoms with Crippen molar-refractivity contribution in [3.63, 3.8) is 0 Å². The first kappa shape index (κ1) is 10.9. The second-order valence-electron chi connectivity index (χ2n) is 4.28. The van der Waals surface area contributed by atoms with Crippen molar-refractivity contribution in [1.82, 2.24) is 25.5 Å². The van der Waals surface area contributed by atoms with E-state index in [1.807, 2.05) is 4.68 Å². The highest BCUT2D eigenvalue weighted by molar-refractivity contribution is 7.09. The van der Waals surface area contributed by atoms with Gasteiger partial charge in [0.05, 0.1) is 6.04 Å². The third-order valence-electron chi connectivity index (χ3n) is 3.13. The second-order valence-corrected chi connectivity index (χ2v) is 5.31. The van der Waals surface area contributed by atoms with Gasteiger partial charge >= 0.3 is 0 Å². The molecule has 0 aromatic carbocycles. The number of piperidine rings is 1. The van der Waals surface area contributed by atoms with Gasteiger partial charge in [-0.15, -0.1) is 16.4 Å². The lowest BCUT2D eigenvalue weighted by molar-refractivity contribution is 0.331. The number of nitrogens with zero attached hydrogens (tertiary/aromatic N) is 4. The molecule has 6 heteroatoms. The van der Waals surface area contributed by atoms with Crippen LogP contribution < -0.4 is 5.32 Å². The minimum Gasteiger partial charge on any atom is -0.317 e. The van der Waals surface area contributed by atoms with Crippen LogP contribution in [0.25, 0.3) is 0 Å². The van der Waals surface area contributed by atoms with Crippen molar-refractivity contribution in [1.29, 1.82) is 0 Å². The monoisotopic (exact) mass is 249 g/mol. The molecule has 3 rings (SSSR count). The Morgan fingerprint density at radius 2 is 2.29 bits per heavy atom. The number of hydrogen-bond donors (Lipinski definition) is 1. The van der Waals surface area contributed by atoms with E-state index in [0.29, 0.717) is 6.04 Å². The van der Waals surface area contributed by atoms with Crippen molar-refractivity contribution in [3.8, 4) is 0 Å². The molecule has 2 aromatic rings. The van der Waals surface area contributed by atoms with Crippen molar-refractivity contribution >= 4 is 11.3 Å². The van der Waals surface area contributed by atoms with E-state index in [4.69, 9.17) is 0 Å². The lowest BCUT2D eigenvalue weighted by Crippen LogP contribution is -2.30. The van der Waals surface area contributed by atoms with Gasteiger partial charge in [0.25, 0.3) is 0 Å². The van der Waals surface area contributed by atoms with Crippen LogP contribution in [0.1, 0.15) is 29.6 Å². The summed E-state index contributed by atoms with van der Waals surface area (Å²) in [7, 11) is 0. The van der Waals surface area contributed by atoms with Gasteiger partial charge in [-0.3, -0.25) is 0 Å². The largest absolute Gasteiger partial charge is 0.317 e. The molecule has 2 aromatic heterocycles. The molecule has 0 unspecified atom stereocenters. The highest BCUT2D eigenvalue weighted by atomic mass is 32.1. The molecule has 1 aliphatic heterocycles. The fourth-order valence-electron chi connectivity index (χ4n) is 2.23. The van der Waals surface area contributed by atoms with Gasteiger partial charge in [0, 0.05) is 11.3 Å². The molecule has 0 aliphatic carbocycles. The maximum atomic E-state index is 4.15. The number of nitrogens with one attached hydrogen (secondary N) is 1. The third kappa shape index (κ3) is 2.37. The van der Waals surface area contributed by atoms with Crippen LogP contribution in [0.5, 0.6) is 0 Å². The summed E-state index contributed by atoms with van der Waals surface area (Å²) in [4.78, 5) is 1.31. The predicted octanol–water partition coefficient (Wildman–Crippen LogP) is 1.25. The molecule has 0 amide bonds. The Bertz CT molecular complexity index is 458. The van der Waals surface area contributed by atoms with E-state index in [-0.39, 0.29) is 0 Å². The summed E-state index contributed by atoms with van der Waals surface area (Å²) < 4.78 is 2.01. The average Bonchev–Trinajstić information content (AvgIpc) is 3.02. The average molecular weight is 249 g/mol. The van der Waals surface area contributed by atoms with Gasteiger partial charge < -0.3 is 5.32 Å². The normalized spacial score (nSPS) is 17.4. The van der Waals surface area contributed by atoms with Crippen molar-refractivity contribution < 1.29 is 0 Å². The number of aromatic nitrogens is 4. The van der Waals surface area contributed by atoms with Crippen molar-refractivity contribution in [3.05, 3.63) is 28.2 Å². The van der Waals surface area contributed by atoms with Gasteiger partial charge in [-0.05, 0) is 47.8 Å². The van der Waals surface area contributed by atoms with Crippen LogP contribution in [0.3, 0.4) is 0 Å². The van der Waals surface area contributed by atoms with Gasteiger partial charge in [-0.2, -0.15) is 0 Å². The van der Waals surface area contributed by atoms with E-state index >= 15 is 0 Å². The Hall–Kier alpha value is -1.27. The van der Waals surface area contributed by atoms with Gasteiger partial charge in [0.15, 0.2) is 5.82 Å². The highest BCUT2D eigenvalue weighted by Gasteiger charge is 2.19. The molecule has 0 radical (unpaired) electrons. The van der Waals surface area contributed by atoms with Gasteiger partial charge in [-0.1, -0.05) is 6.07 Å². The van der Waals surface area contributed by atoms with Gasteiger partial charge in [-0.25, -0.2) is 4.68 Å². The van der Waals surface area contributed by atoms with E-state index in [0.717, 1.165) is 38.2 Å². The summed E-state index contributed by atoms with van der Waals surface area (Å²) >= 11 is 1.76. The Labute approximate surface area is 104 Å². The fourth-order valence-corrected chi connectivity index (χ4v) is 2.93. The van der Waals surface area contributed by atoms with Crippen LogP contribution >= 0.6 is 11.3 Å². The molecule has 0 atom stereocenters. The summed E-state index contributed by atoms with van der Waals surface area (Å²) in [6.07, 6.45) is 3.07. The first-order valence-electron chi connectivity index (χ1n) is 5.93. The van der Waals surface area contributed by atoms with Crippen molar-refractivity contribution in [2.45, 2.75) is 25.3 Å². The lowest BCUT2D eigenvalue weighted by Gasteiger charge is -2.23. The number of rotatable bonds is 3. The van der Waals surface area contributed by atoms with Crippen molar-refractivity contribution in [2.75, 3.05) is 13.1 Å². The highest BCUT2D eigenvalue weighted by Crippen LogP contribution is 2.20. The fraction of sp³-hybridized carbons (Fsp3) is 0.545. The molecule has 0 bridgehead atoms. The summed E-state index contributed by atoms with van der Waals surface area (Å²) in [5.41, 5.74) is 0. The molecular formula is C11H15N5S. The summed E-state index contributed by atoms with van der Waals surface area (Å²) in [5, 5.41) is 17.6. The van der Waals surface area contributed by atoms with Gasteiger partial charge in [0.1, 0.15) is 0 Å². The van der Waals surface area contributed by atoms with Crippen LogP contribution in [0.4, 0.5) is 0 Å². The molecule has 1 fully saturated rings. The smallest absolute Gasteiger partial charge is 0.156 e. The molecule has 3 heterocycles. The maximum absolute atomic E-state index is 4.15. The van der Waals surface area contributed by atoms with E-state index in [2.05, 4.69) is 38.4 Å². The van der Waals surface area contributed by atoms with Crippen LogP contribution in [0.15, 0.2) is 17.5 Å². The number of tetrazole rings is 1. The van der Waals surface area contributed by atoms with Crippen LogP contribution in [-0.4, -0.2) is 33.3 Å².